The summed E-state index contributed by atoms with van der Waals surface area (Å²) in [7, 11) is 0. The molecule has 0 saturated heterocycles. The van der Waals surface area contributed by atoms with Crippen LogP contribution >= 0.6 is 0 Å². The van der Waals surface area contributed by atoms with E-state index in [2.05, 4.69) is 0 Å². The normalized spacial score (nSPS) is 23.9. The van der Waals surface area contributed by atoms with Crippen LogP contribution in [0, 0.1) is 11.8 Å². The number of ketones is 1. The molecule has 1 saturated carbocycles. The molecule has 4 atom stereocenters. The molecule has 0 amide bonds. The van der Waals surface area contributed by atoms with Crippen molar-refractivity contribution in [3.63, 3.8) is 0 Å². The largest absolute Gasteiger partial charge is 0.394 e. The van der Waals surface area contributed by atoms with Crippen molar-refractivity contribution < 1.29 is 24.9 Å². The highest BCUT2D eigenvalue weighted by atomic mass is 16.3. The summed E-state index contributed by atoms with van der Waals surface area (Å²) in [5.41, 5.74) is -1.29. The fourth-order valence-electron chi connectivity index (χ4n) is 3.53. The van der Waals surface area contributed by atoms with Gasteiger partial charge in [-0.2, -0.15) is 0 Å². The van der Waals surface area contributed by atoms with Gasteiger partial charge in [0.1, 0.15) is 11.4 Å². The van der Waals surface area contributed by atoms with Crippen LogP contribution < -0.4 is 0 Å². The van der Waals surface area contributed by atoms with Crippen LogP contribution in [-0.4, -0.2) is 45.7 Å². The third kappa shape index (κ3) is 8.96. The summed E-state index contributed by atoms with van der Waals surface area (Å²) in [6.07, 6.45) is 14.8. The molecule has 1 aliphatic carbocycles. The van der Waals surface area contributed by atoms with E-state index in [1.165, 1.54) is 0 Å². The molecular weight excluding hydrogens is 344 g/mol. The Bertz CT molecular complexity index is 499. The molecule has 154 valence electrons. The summed E-state index contributed by atoms with van der Waals surface area (Å²) in [6, 6.07) is 0. The van der Waals surface area contributed by atoms with Crippen LogP contribution in [0.2, 0.25) is 0 Å². The number of Topliss-reactive ketones (excluding diaryl/α,β-unsaturated/α-hetero) is 1. The predicted octanol–water partition coefficient (Wildman–Crippen LogP) is 3.12. The van der Waals surface area contributed by atoms with Crippen LogP contribution in [0.25, 0.3) is 0 Å². The number of aliphatic hydroxyl groups excluding tert-OH is 2. The molecule has 0 aliphatic heterocycles. The second-order valence-electron chi connectivity index (χ2n) is 7.71. The Hall–Kier alpha value is -1.30. The van der Waals surface area contributed by atoms with Crippen molar-refractivity contribution in [2.24, 2.45) is 11.8 Å². The highest BCUT2D eigenvalue weighted by Crippen LogP contribution is 2.33. The van der Waals surface area contributed by atoms with Crippen LogP contribution in [0.4, 0.5) is 0 Å². The first-order chi connectivity index (χ1) is 13.0. The third-order valence-electron chi connectivity index (χ3n) is 5.37. The number of allylic oxidation sites excluding steroid dienone is 3. The van der Waals surface area contributed by atoms with E-state index in [1.807, 2.05) is 31.2 Å². The molecule has 3 N–H and O–H groups in total. The van der Waals surface area contributed by atoms with E-state index in [1.54, 1.807) is 0 Å². The van der Waals surface area contributed by atoms with E-state index in [9.17, 15) is 19.8 Å². The van der Waals surface area contributed by atoms with Gasteiger partial charge in [-0.1, -0.05) is 44.1 Å². The molecule has 0 aromatic carbocycles. The van der Waals surface area contributed by atoms with Crippen molar-refractivity contribution in [3.05, 3.63) is 24.3 Å². The minimum absolute atomic E-state index is 0.0273. The average Bonchev–Trinajstić information content (AvgIpc) is 3.02. The van der Waals surface area contributed by atoms with Gasteiger partial charge in [-0.25, -0.2) is 0 Å². The molecule has 1 rings (SSSR count). The molecule has 0 spiro atoms. The van der Waals surface area contributed by atoms with E-state index < -0.39 is 11.7 Å². The van der Waals surface area contributed by atoms with Gasteiger partial charge in [0.2, 0.25) is 0 Å². The molecule has 0 radical (unpaired) electrons. The monoisotopic (exact) mass is 380 g/mol. The molecule has 2 unspecified atom stereocenters. The number of carbonyl (C=O) groups excluding carboxylic acids is 2. The zero-order chi connectivity index (χ0) is 20.1. The number of unbranched alkanes of at least 4 members (excludes halogenated alkanes) is 2. The summed E-state index contributed by atoms with van der Waals surface area (Å²) in [5.74, 6) is 0.419. The standard InChI is InChI=1S/C22H36O5/c1-2-3-14-22(27,17-24)15-8-9-18-12-13-21(26)20(18)11-7-5-4-6-10-19(25)16-23/h5,7-9,17-20,23,25,27H,2-4,6,10-16H2,1H3/t18-,19?,20+,22?/m0/s1. The van der Waals surface area contributed by atoms with Crippen molar-refractivity contribution in [2.75, 3.05) is 6.61 Å². The summed E-state index contributed by atoms with van der Waals surface area (Å²) >= 11 is 0. The van der Waals surface area contributed by atoms with Crippen molar-refractivity contribution in [2.45, 2.75) is 82.8 Å². The summed E-state index contributed by atoms with van der Waals surface area (Å²) in [5, 5.41) is 28.4. The van der Waals surface area contributed by atoms with Crippen molar-refractivity contribution in [3.8, 4) is 0 Å². The molecule has 0 heterocycles. The fourth-order valence-corrected chi connectivity index (χ4v) is 3.53. The third-order valence-corrected chi connectivity index (χ3v) is 5.37. The minimum Gasteiger partial charge on any atom is -0.394 e. The van der Waals surface area contributed by atoms with Gasteiger partial charge in [0, 0.05) is 18.8 Å². The molecule has 0 aromatic heterocycles. The average molecular weight is 381 g/mol. The zero-order valence-corrected chi connectivity index (χ0v) is 16.6. The Morgan fingerprint density at radius 1 is 1.26 bits per heavy atom. The summed E-state index contributed by atoms with van der Waals surface area (Å²) < 4.78 is 0. The Labute approximate surface area is 163 Å². The highest BCUT2D eigenvalue weighted by molar-refractivity contribution is 5.83. The van der Waals surface area contributed by atoms with Crippen LogP contribution in [0.5, 0.6) is 0 Å². The van der Waals surface area contributed by atoms with Crippen molar-refractivity contribution in [1.29, 1.82) is 0 Å². The van der Waals surface area contributed by atoms with Gasteiger partial charge < -0.3 is 20.1 Å². The first-order valence-corrected chi connectivity index (χ1v) is 10.3. The van der Waals surface area contributed by atoms with Gasteiger partial charge in [0.25, 0.3) is 0 Å². The van der Waals surface area contributed by atoms with Crippen molar-refractivity contribution in [1.82, 2.24) is 0 Å². The van der Waals surface area contributed by atoms with Gasteiger partial charge in [-0.15, -0.1) is 0 Å². The lowest BCUT2D eigenvalue weighted by Crippen LogP contribution is -2.29. The number of hydrogen-bond donors (Lipinski definition) is 3. The summed E-state index contributed by atoms with van der Waals surface area (Å²) in [6.45, 7) is 1.82. The first kappa shape index (κ1) is 23.7. The maximum Gasteiger partial charge on any atom is 0.151 e. The minimum atomic E-state index is -1.29. The molecule has 1 fully saturated rings. The van der Waals surface area contributed by atoms with Gasteiger partial charge in [0.15, 0.2) is 6.29 Å². The lowest BCUT2D eigenvalue weighted by atomic mass is 9.89. The van der Waals surface area contributed by atoms with E-state index >= 15 is 0 Å². The Balaban J connectivity index is 2.45. The maximum atomic E-state index is 12.2. The van der Waals surface area contributed by atoms with Crippen LogP contribution in [-0.2, 0) is 9.59 Å². The molecule has 5 heteroatoms. The van der Waals surface area contributed by atoms with E-state index in [-0.39, 0.29) is 24.2 Å². The van der Waals surface area contributed by atoms with Crippen LogP contribution in [0.3, 0.4) is 0 Å². The molecule has 0 bridgehead atoms. The van der Waals surface area contributed by atoms with Crippen LogP contribution in [0.15, 0.2) is 24.3 Å². The van der Waals surface area contributed by atoms with Crippen molar-refractivity contribution >= 4 is 12.1 Å². The first-order valence-electron chi connectivity index (χ1n) is 10.3. The summed E-state index contributed by atoms with van der Waals surface area (Å²) in [4.78, 5) is 23.3. The Kier molecular flexibility index (Phi) is 11.4. The molecule has 5 nitrogen and oxygen atoms in total. The fraction of sp³-hybridized carbons (Fsp3) is 0.727. The second-order valence-corrected chi connectivity index (χ2v) is 7.71. The zero-order valence-electron chi connectivity index (χ0n) is 16.6. The Morgan fingerprint density at radius 2 is 2.04 bits per heavy atom. The number of aliphatic hydroxyl groups is 3. The maximum absolute atomic E-state index is 12.2. The lowest BCUT2D eigenvalue weighted by molar-refractivity contribution is -0.124. The number of aldehydes is 1. The topological polar surface area (TPSA) is 94.8 Å². The molecule has 1 aliphatic rings. The van der Waals surface area contributed by atoms with E-state index in [0.29, 0.717) is 38.4 Å². The second kappa shape index (κ2) is 13.0. The lowest BCUT2D eigenvalue weighted by Gasteiger charge is -2.20. The van der Waals surface area contributed by atoms with Gasteiger partial charge in [-0.3, -0.25) is 4.79 Å². The SMILES string of the molecule is CCCCC(O)(C=O)CC=C[C@H]1CCC(=O)[C@@H]1CC=CCCCC(O)CO. The number of hydrogen-bond acceptors (Lipinski definition) is 5. The smallest absolute Gasteiger partial charge is 0.151 e. The quantitative estimate of drug-likeness (QED) is 0.244. The van der Waals surface area contributed by atoms with E-state index in [4.69, 9.17) is 5.11 Å². The Morgan fingerprint density at radius 3 is 2.70 bits per heavy atom. The predicted molar refractivity (Wildman–Crippen MR) is 106 cm³/mol. The number of rotatable bonds is 14. The molecular formula is C22H36O5. The van der Waals surface area contributed by atoms with Gasteiger partial charge in [-0.05, 0) is 44.4 Å². The highest BCUT2D eigenvalue weighted by Gasteiger charge is 2.32. The molecule has 27 heavy (non-hydrogen) atoms. The van der Waals surface area contributed by atoms with Gasteiger partial charge in [0.05, 0.1) is 12.7 Å². The van der Waals surface area contributed by atoms with E-state index in [0.717, 1.165) is 32.1 Å². The number of carbonyl (C=O) groups is 2. The van der Waals surface area contributed by atoms with Gasteiger partial charge >= 0.3 is 0 Å². The molecule has 0 aromatic rings. The van der Waals surface area contributed by atoms with Crippen LogP contribution in [0.1, 0.15) is 71.1 Å².